The first-order chi connectivity index (χ1) is 8.15. The molecule has 2 aromatic carbocycles. The van der Waals surface area contributed by atoms with Gasteiger partial charge in [-0.3, -0.25) is 0 Å². The fourth-order valence-corrected chi connectivity index (χ4v) is 2.06. The van der Waals surface area contributed by atoms with Crippen LogP contribution in [0.4, 0.5) is 0 Å². The Morgan fingerprint density at radius 3 is 2.65 bits per heavy atom. The molecule has 0 spiro atoms. The quantitative estimate of drug-likeness (QED) is 0.489. The molecule has 84 valence electrons. The molecule has 4 heteroatoms. The molecule has 1 N–H and O–H groups in total. The molecule has 3 nitrogen and oxygen atoms in total. The number of hydrogen-bond donors (Lipinski definition) is 1. The molecule has 0 atom stereocenters. The van der Waals surface area contributed by atoms with Gasteiger partial charge in [-0.25, -0.2) is 4.79 Å². The Bertz CT molecular complexity index is 790. The Labute approximate surface area is 101 Å². The summed E-state index contributed by atoms with van der Waals surface area (Å²) in [6.07, 6.45) is 0. The molecular formula is C13H7ClO3. The second-order valence-corrected chi connectivity index (χ2v) is 4.20. The number of aromatic hydroxyl groups is 1. The normalized spacial score (nSPS) is 11.1. The van der Waals surface area contributed by atoms with E-state index in [1.807, 2.05) is 0 Å². The number of fused-ring (bicyclic) bond motifs is 3. The summed E-state index contributed by atoms with van der Waals surface area (Å²) < 4.78 is 5.16. The minimum Gasteiger partial charge on any atom is -0.508 e. The maximum Gasteiger partial charge on any atom is 0.344 e. The van der Waals surface area contributed by atoms with E-state index in [2.05, 4.69) is 0 Å². The lowest BCUT2D eigenvalue weighted by atomic mass is 10.1. The topological polar surface area (TPSA) is 50.4 Å². The van der Waals surface area contributed by atoms with Crippen LogP contribution in [0.2, 0.25) is 5.02 Å². The van der Waals surface area contributed by atoms with Gasteiger partial charge in [-0.2, -0.15) is 0 Å². The van der Waals surface area contributed by atoms with Crippen molar-refractivity contribution in [3.63, 3.8) is 0 Å². The fourth-order valence-electron chi connectivity index (χ4n) is 1.89. The maximum atomic E-state index is 11.7. The molecular weight excluding hydrogens is 240 g/mol. The van der Waals surface area contributed by atoms with Gasteiger partial charge in [0.2, 0.25) is 0 Å². The largest absolute Gasteiger partial charge is 0.508 e. The lowest BCUT2D eigenvalue weighted by Gasteiger charge is -2.03. The van der Waals surface area contributed by atoms with Crippen molar-refractivity contribution < 1.29 is 9.52 Å². The zero-order valence-corrected chi connectivity index (χ0v) is 9.36. The number of benzene rings is 2. The van der Waals surface area contributed by atoms with Gasteiger partial charge in [0.25, 0.3) is 0 Å². The van der Waals surface area contributed by atoms with Crippen molar-refractivity contribution in [2.24, 2.45) is 0 Å². The number of hydrogen-bond acceptors (Lipinski definition) is 3. The van der Waals surface area contributed by atoms with Gasteiger partial charge >= 0.3 is 5.63 Å². The maximum absolute atomic E-state index is 11.7. The first-order valence-electron chi connectivity index (χ1n) is 5.00. The smallest absolute Gasteiger partial charge is 0.344 e. The van der Waals surface area contributed by atoms with Gasteiger partial charge in [0.05, 0.1) is 5.39 Å². The average Bonchev–Trinajstić information content (AvgIpc) is 2.30. The molecule has 3 rings (SSSR count). The molecule has 0 radical (unpaired) electrons. The van der Waals surface area contributed by atoms with Crippen LogP contribution in [0, 0.1) is 0 Å². The lowest BCUT2D eigenvalue weighted by Crippen LogP contribution is -1.99. The molecule has 17 heavy (non-hydrogen) atoms. The van der Waals surface area contributed by atoms with E-state index < -0.39 is 5.63 Å². The highest BCUT2D eigenvalue weighted by Gasteiger charge is 2.08. The second kappa shape index (κ2) is 3.50. The van der Waals surface area contributed by atoms with Crippen molar-refractivity contribution in [2.75, 3.05) is 0 Å². The minimum atomic E-state index is -0.467. The van der Waals surface area contributed by atoms with Crippen LogP contribution in [-0.2, 0) is 0 Å². The summed E-state index contributed by atoms with van der Waals surface area (Å²) >= 11 is 5.92. The number of phenols is 1. The fraction of sp³-hybridized carbons (Fsp3) is 0. The number of phenolic OH excluding ortho intramolecular Hbond substituents is 1. The van der Waals surface area contributed by atoms with E-state index in [0.29, 0.717) is 16.0 Å². The zero-order chi connectivity index (χ0) is 12.0. The van der Waals surface area contributed by atoms with Crippen LogP contribution < -0.4 is 5.63 Å². The number of rotatable bonds is 0. The Morgan fingerprint density at radius 2 is 1.82 bits per heavy atom. The highest BCUT2D eigenvalue weighted by Crippen LogP contribution is 2.27. The summed E-state index contributed by atoms with van der Waals surface area (Å²) in [5, 5.41) is 11.8. The van der Waals surface area contributed by atoms with Gasteiger partial charge in [0, 0.05) is 15.8 Å². The van der Waals surface area contributed by atoms with Gasteiger partial charge in [-0.1, -0.05) is 11.6 Å². The van der Waals surface area contributed by atoms with Crippen molar-refractivity contribution in [3.8, 4) is 5.75 Å². The summed E-state index contributed by atoms with van der Waals surface area (Å²) in [5.41, 5.74) is 0.0170. The van der Waals surface area contributed by atoms with E-state index in [0.717, 1.165) is 10.8 Å². The van der Waals surface area contributed by atoms with Crippen molar-refractivity contribution >= 4 is 33.3 Å². The van der Waals surface area contributed by atoms with Gasteiger partial charge in [0.1, 0.15) is 11.3 Å². The zero-order valence-electron chi connectivity index (χ0n) is 8.61. The second-order valence-electron chi connectivity index (χ2n) is 3.76. The SMILES string of the molecule is O=c1oc2ccc(Cl)cc2c2ccc(O)cc12. The average molecular weight is 247 g/mol. The lowest BCUT2D eigenvalue weighted by molar-refractivity contribution is 0.475. The Kier molecular flexibility index (Phi) is 2.09. The third-order valence-electron chi connectivity index (χ3n) is 2.66. The van der Waals surface area contributed by atoms with Crippen LogP contribution in [0.5, 0.6) is 5.75 Å². The molecule has 0 fully saturated rings. The molecule has 1 aromatic heterocycles. The molecule has 1 heterocycles. The van der Waals surface area contributed by atoms with Crippen LogP contribution in [0.25, 0.3) is 21.7 Å². The van der Waals surface area contributed by atoms with Crippen LogP contribution in [0.15, 0.2) is 45.6 Å². The van der Waals surface area contributed by atoms with Gasteiger partial charge < -0.3 is 9.52 Å². The van der Waals surface area contributed by atoms with Crippen molar-refractivity contribution in [2.45, 2.75) is 0 Å². The molecule has 0 aliphatic carbocycles. The standard InChI is InChI=1S/C13H7ClO3/c14-7-1-4-12-10(5-7)9-3-2-8(15)6-11(9)13(16)17-12/h1-6,15H. The van der Waals surface area contributed by atoms with Crippen molar-refractivity contribution in [1.29, 1.82) is 0 Å². The summed E-state index contributed by atoms with van der Waals surface area (Å²) in [7, 11) is 0. The highest BCUT2D eigenvalue weighted by atomic mass is 35.5. The van der Waals surface area contributed by atoms with Crippen LogP contribution in [-0.4, -0.2) is 5.11 Å². The molecule has 0 saturated heterocycles. The van der Waals surface area contributed by atoms with E-state index in [1.54, 1.807) is 24.3 Å². The van der Waals surface area contributed by atoms with Crippen molar-refractivity contribution in [1.82, 2.24) is 0 Å². The van der Waals surface area contributed by atoms with Crippen LogP contribution in [0.3, 0.4) is 0 Å². The Morgan fingerprint density at radius 1 is 1.00 bits per heavy atom. The first kappa shape index (κ1) is 10.2. The highest BCUT2D eigenvalue weighted by molar-refractivity contribution is 6.31. The van der Waals surface area contributed by atoms with Crippen LogP contribution in [0.1, 0.15) is 0 Å². The van der Waals surface area contributed by atoms with E-state index in [4.69, 9.17) is 16.0 Å². The third-order valence-corrected chi connectivity index (χ3v) is 2.89. The Hall–Kier alpha value is -2.00. The van der Waals surface area contributed by atoms with Crippen LogP contribution >= 0.6 is 11.6 Å². The monoisotopic (exact) mass is 246 g/mol. The summed E-state index contributed by atoms with van der Waals surface area (Å²) in [6, 6.07) is 9.66. The van der Waals surface area contributed by atoms with E-state index in [1.165, 1.54) is 12.1 Å². The number of halogens is 1. The van der Waals surface area contributed by atoms with Crippen molar-refractivity contribution in [3.05, 3.63) is 51.8 Å². The summed E-state index contributed by atoms with van der Waals surface area (Å²) in [5.74, 6) is 0.0335. The minimum absolute atomic E-state index is 0.0335. The summed E-state index contributed by atoms with van der Waals surface area (Å²) in [4.78, 5) is 11.7. The third kappa shape index (κ3) is 1.56. The van der Waals surface area contributed by atoms with E-state index in [-0.39, 0.29) is 5.75 Å². The predicted molar refractivity (Wildman–Crippen MR) is 66.7 cm³/mol. The molecule has 3 aromatic rings. The van der Waals surface area contributed by atoms with Gasteiger partial charge in [0.15, 0.2) is 0 Å². The molecule has 0 amide bonds. The first-order valence-corrected chi connectivity index (χ1v) is 5.38. The van der Waals surface area contributed by atoms with Gasteiger partial charge in [-0.15, -0.1) is 0 Å². The molecule has 0 saturated carbocycles. The Balaban J connectivity index is 2.62. The predicted octanol–water partition coefficient (Wildman–Crippen LogP) is 3.31. The van der Waals surface area contributed by atoms with E-state index >= 15 is 0 Å². The van der Waals surface area contributed by atoms with E-state index in [9.17, 15) is 9.90 Å². The molecule has 0 bridgehead atoms. The summed E-state index contributed by atoms with van der Waals surface area (Å²) in [6.45, 7) is 0. The molecule has 0 aliphatic rings. The molecule has 0 aliphatic heterocycles. The molecule has 0 unspecified atom stereocenters. The van der Waals surface area contributed by atoms with Gasteiger partial charge in [-0.05, 0) is 36.4 Å².